The average Bonchev–Trinajstić information content (AvgIpc) is 3.32. The molecule has 1 atom stereocenters. The van der Waals surface area contributed by atoms with E-state index in [1.807, 2.05) is 18.2 Å². The third-order valence-corrected chi connectivity index (χ3v) is 5.46. The fraction of sp³-hybridized carbons (Fsp3) is 0.400. The van der Waals surface area contributed by atoms with E-state index in [0.29, 0.717) is 41.0 Å². The number of rotatable bonds is 11. The van der Waals surface area contributed by atoms with E-state index in [0.717, 1.165) is 6.42 Å². The molecule has 1 heterocycles. The molecule has 0 saturated heterocycles. The summed E-state index contributed by atoms with van der Waals surface area (Å²) in [5, 5.41) is 15.4. The van der Waals surface area contributed by atoms with Crippen LogP contribution in [0, 0.1) is 5.92 Å². The zero-order chi connectivity index (χ0) is 25.4. The van der Waals surface area contributed by atoms with Gasteiger partial charge >= 0.3 is 0 Å². The Kier molecular flexibility index (Phi) is 8.77. The molecule has 0 aliphatic rings. The molecular weight excluding hydrogens is 448 g/mol. The van der Waals surface area contributed by atoms with Crippen molar-refractivity contribution in [1.82, 2.24) is 25.5 Å². The molecule has 0 aliphatic carbocycles. The van der Waals surface area contributed by atoms with Crippen LogP contribution in [0.5, 0.6) is 11.5 Å². The number of para-hydroxylation sites is 1. The summed E-state index contributed by atoms with van der Waals surface area (Å²) in [5.41, 5.74) is 1.28. The zero-order valence-corrected chi connectivity index (χ0v) is 20.8. The van der Waals surface area contributed by atoms with Gasteiger partial charge in [0.15, 0.2) is 11.5 Å². The number of ether oxygens (including phenoxy) is 2. The second-order valence-electron chi connectivity index (χ2n) is 8.46. The first kappa shape index (κ1) is 25.7. The van der Waals surface area contributed by atoms with Crippen LogP contribution in [0.1, 0.15) is 27.2 Å². The highest BCUT2D eigenvalue weighted by atomic mass is 16.5. The number of tetrazole rings is 1. The van der Waals surface area contributed by atoms with Crippen molar-refractivity contribution in [3.8, 4) is 22.9 Å². The fourth-order valence-electron chi connectivity index (χ4n) is 3.52. The molecule has 0 bridgehead atoms. The molecule has 10 heteroatoms. The molecule has 0 radical (unpaired) electrons. The summed E-state index contributed by atoms with van der Waals surface area (Å²) in [6.07, 6.45) is 0.861. The number of hydrogen-bond acceptors (Lipinski definition) is 7. The Morgan fingerprint density at radius 3 is 2.40 bits per heavy atom. The molecule has 2 amide bonds. The molecule has 1 unspecified atom stereocenters. The maximum Gasteiger partial charge on any atom is 0.251 e. The molecule has 3 rings (SSSR count). The second-order valence-corrected chi connectivity index (χ2v) is 8.46. The van der Waals surface area contributed by atoms with Gasteiger partial charge in [0.05, 0.1) is 14.2 Å². The third kappa shape index (κ3) is 6.56. The molecule has 2 aromatic carbocycles. The van der Waals surface area contributed by atoms with E-state index >= 15 is 0 Å². The Balaban J connectivity index is 1.78. The highest BCUT2D eigenvalue weighted by Crippen LogP contribution is 2.30. The summed E-state index contributed by atoms with van der Waals surface area (Å²) in [5.74, 6) is 1.36. The Bertz CT molecular complexity index is 1130. The van der Waals surface area contributed by atoms with E-state index in [1.54, 1.807) is 51.5 Å². The van der Waals surface area contributed by atoms with Crippen molar-refractivity contribution in [2.24, 2.45) is 5.92 Å². The minimum Gasteiger partial charge on any atom is -0.493 e. The van der Waals surface area contributed by atoms with E-state index in [-0.39, 0.29) is 18.4 Å². The fourth-order valence-corrected chi connectivity index (χ4v) is 3.52. The maximum atomic E-state index is 13.4. The van der Waals surface area contributed by atoms with E-state index in [2.05, 4.69) is 34.6 Å². The zero-order valence-electron chi connectivity index (χ0n) is 20.8. The van der Waals surface area contributed by atoms with Crippen LogP contribution in [0.3, 0.4) is 0 Å². The minimum atomic E-state index is -0.717. The number of carbonyl (C=O) groups is 2. The number of hydrogen-bond donors (Lipinski definition) is 1. The van der Waals surface area contributed by atoms with Gasteiger partial charge in [-0.1, -0.05) is 32.0 Å². The Morgan fingerprint density at radius 2 is 1.74 bits per heavy atom. The van der Waals surface area contributed by atoms with Gasteiger partial charge in [0.1, 0.15) is 12.6 Å². The van der Waals surface area contributed by atoms with Gasteiger partial charge in [-0.05, 0) is 54.8 Å². The predicted octanol–water partition coefficient (Wildman–Crippen LogP) is 2.94. The normalized spacial score (nSPS) is 11.7. The molecular formula is C25H32N6O4. The molecule has 0 fully saturated rings. The van der Waals surface area contributed by atoms with Crippen LogP contribution in [0.4, 0.5) is 5.69 Å². The molecule has 3 aromatic rings. The average molecular weight is 481 g/mol. The lowest BCUT2D eigenvalue weighted by molar-refractivity contribution is -0.126. The number of benzene rings is 2. The molecule has 35 heavy (non-hydrogen) atoms. The van der Waals surface area contributed by atoms with Crippen LogP contribution in [0.25, 0.3) is 11.4 Å². The van der Waals surface area contributed by atoms with Gasteiger partial charge in [0.25, 0.3) is 5.91 Å². The number of nitrogens with one attached hydrogen (secondary N) is 1. The van der Waals surface area contributed by atoms with Gasteiger partial charge in [-0.25, -0.2) is 0 Å². The number of methoxy groups -OCH3 is 2. The highest BCUT2D eigenvalue weighted by molar-refractivity contribution is 6.00. The van der Waals surface area contributed by atoms with Crippen LogP contribution >= 0.6 is 0 Å². The summed E-state index contributed by atoms with van der Waals surface area (Å²) >= 11 is 0. The number of carbonyl (C=O) groups excluding carboxylic acids is 2. The predicted molar refractivity (Wildman–Crippen MR) is 132 cm³/mol. The molecule has 0 spiro atoms. The Labute approximate surface area is 205 Å². The van der Waals surface area contributed by atoms with Crippen LogP contribution in [-0.2, 0) is 16.1 Å². The van der Waals surface area contributed by atoms with Crippen LogP contribution in [0.2, 0.25) is 0 Å². The molecule has 1 aromatic heterocycles. The summed E-state index contributed by atoms with van der Waals surface area (Å²) < 4.78 is 10.6. The van der Waals surface area contributed by atoms with Crippen molar-refractivity contribution in [2.75, 3.05) is 25.7 Å². The molecule has 0 aliphatic heterocycles. The summed E-state index contributed by atoms with van der Waals surface area (Å²) in [7, 11) is 3.10. The minimum absolute atomic E-state index is 0.182. The molecule has 1 N–H and O–H groups in total. The van der Waals surface area contributed by atoms with Crippen molar-refractivity contribution in [3.05, 3.63) is 48.5 Å². The first-order valence-corrected chi connectivity index (χ1v) is 11.5. The summed E-state index contributed by atoms with van der Waals surface area (Å²) in [6.45, 7) is 6.27. The number of amides is 2. The summed E-state index contributed by atoms with van der Waals surface area (Å²) in [6, 6.07) is 13.6. The quantitative estimate of drug-likeness (QED) is 0.449. The second kappa shape index (κ2) is 12.0. The van der Waals surface area contributed by atoms with E-state index in [9.17, 15) is 9.59 Å². The van der Waals surface area contributed by atoms with E-state index in [1.165, 1.54) is 9.70 Å². The molecule has 10 nitrogen and oxygen atoms in total. The van der Waals surface area contributed by atoms with Gasteiger partial charge in [-0.3, -0.25) is 14.5 Å². The van der Waals surface area contributed by atoms with Crippen molar-refractivity contribution in [3.63, 3.8) is 0 Å². The lowest BCUT2D eigenvalue weighted by Crippen LogP contribution is -2.49. The van der Waals surface area contributed by atoms with Crippen molar-refractivity contribution in [1.29, 1.82) is 0 Å². The molecule has 186 valence electrons. The lowest BCUT2D eigenvalue weighted by Gasteiger charge is -2.28. The standard InChI is InChI=1S/C25H32N6O4/c1-17(2)13-14-26-25(33)18(3)31(20-9-7-6-8-10-20)23(32)16-30-28-24(27-29-30)19-11-12-21(34-4)22(15-19)35-5/h6-12,15,17-18H,13-14,16H2,1-5H3,(H,26,33). The lowest BCUT2D eigenvalue weighted by atomic mass is 10.1. The van der Waals surface area contributed by atoms with Crippen molar-refractivity contribution < 1.29 is 19.1 Å². The largest absolute Gasteiger partial charge is 0.493 e. The smallest absolute Gasteiger partial charge is 0.251 e. The van der Waals surface area contributed by atoms with Crippen LogP contribution in [0.15, 0.2) is 48.5 Å². The van der Waals surface area contributed by atoms with E-state index < -0.39 is 6.04 Å². The molecule has 0 saturated carbocycles. The third-order valence-electron chi connectivity index (χ3n) is 5.46. The van der Waals surface area contributed by atoms with Gasteiger partial charge in [-0.2, -0.15) is 4.80 Å². The van der Waals surface area contributed by atoms with Crippen LogP contribution in [-0.4, -0.2) is 58.8 Å². The van der Waals surface area contributed by atoms with Crippen molar-refractivity contribution >= 4 is 17.5 Å². The monoisotopic (exact) mass is 480 g/mol. The van der Waals surface area contributed by atoms with Crippen LogP contribution < -0.4 is 19.7 Å². The first-order valence-electron chi connectivity index (χ1n) is 11.5. The van der Waals surface area contributed by atoms with Crippen molar-refractivity contribution in [2.45, 2.75) is 39.8 Å². The Morgan fingerprint density at radius 1 is 1.03 bits per heavy atom. The Hall–Kier alpha value is -3.95. The number of aromatic nitrogens is 4. The van der Waals surface area contributed by atoms with E-state index in [4.69, 9.17) is 9.47 Å². The number of nitrogens with zero attached hydrogens (tertiary/aromatic N) is 5. The first-order chi connectivity index (χ1) is 16.8. The van der Waals surface area contributed by atoms with Gasteiger partial charge in [0.2, 0.25) is 11.7 Å². The highest BCUT2D eigenvalue weighted by Gasteiger charge is 2.28. The number of anilines is 1. The van der Waals surface area contributed by atoms with Gasteiger partial charge in [0, 0.05) is 17.8 Å². The maximum absolute atomic E-state index is 13.4. The SMILES string of the molecule is COc1ccc(-c2nnn(CC(=O)N(c3ccccc3)C(C)C(=O)NCCC(C)C)n2)cc1OC. The van der Waals surface area contributed by atoms with Gasteiger partial charge < -0.3 is 14.8 Å². The summed E-state index contributed by atoms with van der Waals surface area (Å²) in [4.78, 5) is 28.9. The topological polar surface area (TPSA) is 111 Å². The van der Waals surface area contributed by atoms with Gasteiger partial charge in [-0.15, -0.1) is 10.2 Å².